The van der Waals surface area contributed by atoms with Gasteiger partial charge in [0.1, 0.15) is 6.54 Å². The fourth-order valence-corrected chi connectivity index (χ4v) is 4.56. The molecular formula is C21H21BrN2O6S. The maximum absolute atomic E-state index is 13.0. The fraction of sp³-hybridized carbons (Fsp3) is 0.286. The van der Waals surface area contributed by atoms with Gasteiger partial charge in [-0.05, 0) is 37.3 Å². The number of hydrogen-bond donors (Lipinski definition) is 0. The molecule has 31 heavy (non-hydrogen) atoms. The van der Waals surface area contributed by atoms with Crippen molar-refractivity contribution in [3.05, 3.63) is 45.2 Å². The second kappa shape index (κ2) is 9.97. The zero-order valence-electron chi connectivity index (χ0n) is 17.4. The van der Waals surface area contributed by atoms with E-state index in [1.54, 1.807) is 11.5 Å². The number of carbonyl (C=O) groups is 2. The molecule has 0 saturated carbocycles. The molecule has 0 spiro atoms. The molecule has 0 aliphatic carbocycles. The number of esters is 1. The van der Waals surface area contributed by atoms with E-state index in [0.29, 0.717) is 22.0 Å². The zero-order chi connectivity index (χ0) is 22.5. The molecule has 0 unspecified atom stereocenters. The minimum absolute atomic E-state index is 0.0587. The first-order chi connectivity index (χ1) is 14.9. The van der Waals surface area contributed by atoms with E-state index in [9.17, 15) is 9.59 Å². The van der Waals surface area contributed by atoms with Crippen LogP contribution in [0.4, 0.5) is 0 Å². The SMILES string of the molecule is CCOC(=O)Cn1c(=NC(=O)c2cc(OC)c(OC)c(OC)c2)sc2cc(Br)ccc21. The molecule has 10 heteroatoms. The van der Waals surface area contributed by atoms with Gasteiger partial charge in [0.05, 0.1) is 38.2 Å². The molecule has 8 nitrogen and oxygen atoms in total. The highest BCUT2D eigenvalue weighted by molar-refractivity contribution is 9.10. The number of fused-ring (bicyclic) bond motifs is 1. The average Bonchev–Trinajstić information content (AvgIpc) is 3.08. The van der Waals surface area contributed by atoms with Gasteiger partial charge in [-0.1, -0.05) is 27.3 Å². The van der Waals surface area contributed by atoms with Crippen molar-refractivity contribution in [3.8, 4) is 17.2 Å². The maximum Gasteiger partial charge on any atom is 0.326 e. The number of hydrogen-bond acceptors (Lipinski definition) is 7. The number of rotatable bonds is 7. The van der Waals surface area contributed by atoms with Crippen LogP contribution in [0.15, 0.2) is 39.8 Å². The number of carbonyl (C=O) groups excluding carboxylic acids is 2. The van der Waals surface area contributed by atoms with Crippen LogP contribution >= 0.6 is 27.3 Å². The van der Waals surface area contributed by atoms with Crippen molar-refractivity contribution in [2.75, 3.05) is 27.9 Å². The summed E-state index contributed by atoms with van der Waals surface area (Å²) in [5.74, 6) is 0.153. The highest BCUT2D eigenvalue weighted by Gasteiger charge is 2.18. The Kier molecular flexibility index (Phi) is 7.34. The van der Waals surface area contributed by atoms with Gasteiger partial charge in [-0.25, -0.2) is 0 Å². The predicted octanol–water partition coefficient (Wildman–Crippen LogP) is 3.80. The number of ether oxygens (including phenoxy) is 4. The van der Waals surface area contributed by atoms with E-state index >= 15 is 0 Å². The molecule has 0 atom stereocenters. The number of amides is 1. The number of halogens is 1. The molecule has 1 heterocycles. The number of methoxy groups -OCH3 is 3. The van der Waals surface area contributed by atoms with Crippen molar-refractivity contribution in [1.29, 1.82) is 0 Å². The van der Waals surface area contributed by atoms with Gasteiger partial charge < -0.3 is 23.5 Å². The van der Waals surface area contributed by atoms with Crippen LogP contribution < -0.4 is 19.0 Å². The number of aromatic nitrogens is 1. The maximum atomic E-state index is 13.0. The lowest BCUT2D eigenvalue weighted by Crippen LogP contribution is -2.23. The molecular weight excluding hydrogens is 488 g/mol. The van der Waals surface area contributed by atoms with Crippen molar-refractivity contribution in [3.63, 3.8) is 0 Å². The van der Waals surface area contributed by atoms with E-state index in [0.717, 1.165) is 14.7 Å². The largest absolute Gasteiger partial charge is 0.493 e. The Balaban J connectivity index is 2.13. The molecule has 0 saturated heterocycles. The third kappa shape index (κ3) is 4.91. The molecule has 0 aliphatic heterocycles. The summed E-state index contributed by atoms with van der Waals surface area (Å²) in [5, 5.41) is 0. The number of benzene rings is 2. The van der Waals surface area contributed by atoms with E-state index in [-0.39, 0.29) is 18.7 Å². The first-order valence-electron chi connectivity index (χ1n) is 9.25. The summed E-state index contributed by atoms with van der Waals surface area (Å²) >= 11 is 4.74. The van der Waals surface area contributed by atoms with Crippen LogP contribution in [0, 0.1) is 0 Å². The van der Waals surface area contributed by atoms with Gasteiger partial charge >= 0.3 is 5.97 Å². The van der Waals surface area contributed by atoms with Crippen LogP contribution in [-0.4, -0.2) is 44.4 Å². The molecule has 2 aromatic carbocycles. The van der Waals surface area contributed by atoms with Crippen LogP contribution in [-0.2, 0) is 16.1 Å². The van der Waals surface area contributed by atoms with Crippen LogP contribution in [0.3, 0.4) is 0 Å². The third-order valence-electron chi connectivity index (χ3n) is 4.35. The lowest BCUT2D eigenvalue weighted by molar-refractivity contribution is -0.143. The normalized spacial score (nSPS) is 11.5. The van der Waals surface area contributed by atoms with Gasteiger partial charge in [-0.3, -0.25) is 9.59 Å². The Labute approximate surface area is 191 Å². The highest BCUT2D eigenvalue weighted by atomic mass is 79.9. The van der Waals surface area contributed by atoms with Crippen LogP contribution in [0.5, 0.6) is 17.2 Å². The Morgan fingerprint density at radius 2 is 1.74 bits per heavy atom. The van der Waals surface area contributed by atoms with Gasteiger partial charge in [0.2, 0.25) is 5.75 Å². The Morgan fingerprint density at radius 1 is 1.06 bits per heavy atom. The van der Waals surface area contributed by atoms with Crippen LogP contribution in [0.25, 0.3) is 10.2 Å². The molecule has 0 N–H and O–H groups in total. The van der Waals surface area contributed by atoms with Crippen LogP contribution in [0.1, 0.15) is 17.3 Å². The minimum atomic E-state index is -0.512. The Bertz CT molecular complexity index is 1180. The summed E-state index contributed by atoms with van der Waals surface area (Å²) in [7, 11) is 4.43. The second-order valence-corrected chi connectivity index (χ2v) is 8.14. The molecule has 0 radical (unpaired) electrons. The highest BCUT2D eigenvalue weighted by Crippen LogP contribution is 2.38. The summed E-state index contributed by atoms with van der Waals surface area (Å²) in [6.45, 7) is 1.95. The first kappa shape index (κ1) is 22.8. The average molecular weight is 509 g/mol. The summed E-state index contributed by atoms with van der Waals surface area (Å²) in [5.41, 5.74) is 1.04. The molecule has 0 aliphatic rings. The topological polar surface area (TPSA) is 88.4 Å². The quantitative estimate of drug-likeness (QED) is 0.451. The summed E-state index contributed by atoms with van der Waals surface area (Å²) in [6, 6.07) is 8.70. The smallest absolute Gasteiger partial charge is 0.326 e. The minimum Gasteiger partial charge on any atom is -0.493 e. The monoisotopic (exact) mass is 508 g/mol. The van der Waals surface area contributed by atoms with Crippen molar-refractivity contribution < 1.29 is 28.5 Å². The fourth-order valence-electron chi connectivity index (χ4n) is 2.98. The molecule has 0 bridgehead atoms. The lowest BCUT2D eigenvalue weighted by Gasteiger charge is -2.12. The molecule has 0 fully saturated rings. The van der Waals surface area contributed by atoms with E-state index in [1.807, 2.05) is 18.2 Å². The summed E-state index contributed by atoms with van der Waals surface area (Å²) in [4.78, 5) is 29.8. The van der Waals surface area contributed by atoms with E-state index in [1.165, 1.54) is 44.8 Å². The molecule has 164 valence electrons. The van der Waals surface area contributed by atoms with E-state index in [4.69, 9.17) is 18.9 Å². The van der Waals surface area contributed by atoms with Gasteiger partial charge in [-0.2, -0.15) is 4.99 Å². The van der Waals surface area contributed by atoms with Crippen molar-refractivity contribution >= 4 is 49.4 Å². The Hall–Kier alpha value is -2.85. The van der Waals surface area contributed by atoms with Crippen molar-refractivity contribution in [1.82, 2.24) is 4.57 Å². The third-order valence-corrected chi connectivity index (χ3v) is 5.88. The van der Waals surface area contributed by atoms with E-state index in [2.05, 4.69) is 20.9 Å². The van der Waals surface area contributed by atoms with Crippen molar-refractivity contribution in [2.45, 2.75) is 13.5 Å². The molecule has 3 rings (SSSR count). The number of nitrogens with zero attached hydrogens (tertiary/aromatic N) is 2. The predicted molar refractivity (Wildman–Crippen MR) is 120 cm³/mol. The summed E-state index contributed by atoms with van der Waals surface area (Å²) in [6.07, 6.45) is 0. The Morgan fingerprint density at radius 3 is 2.32 bits per heavy atom. The molecule has 1 amide bonds. The molecule has 1 aromatic heterocycles. The van der Waals surface area contributed by atoms with Gasteiger partial charge in [0.25, 0.3) is 5.91 Å². The first-order valence-corrected chi connectivity index (χ1v) is 10.9. The van der Waals surface area contributed by atoms with Crippen molar-refractivity contribution in [2.24, 2.45) is 4.99 Å². The van der Waals surface area contributed by atoms with Gasteiger partial charge in [0.15, 0.2) is 16.3 Å². The summed E-state index contributed by atoms with van der Waals surface area (Å²) < 4.78 is 24.4. The second-order valence-electron chi connectivity index (χ2n) is 6.22. The van der Waals surface area contributed by atoms with E-state index < -0.39 is 11.9 Å². The van der Waals surface area contributed by atoms with Gasteiger partial charge in [0, 0.05) is 10.0 Å². The number of thiazole rings is 1. The lowest BCUT2D eigenvalue weighted by atomic mass is 10.1. The van der Waals surface area contributed by atoms with Crippen LogP contribution in [0.2, 0.25) is 0 Å². The molecule has 3 aromatic rings. The zero-order valence-corrected chi connectivity index (χ0v) is 19.8. The standard InChI is InChI=1S/C21H21BrN2O6S/c1-5-30-18(25)11-24-14-7-6-13(22)10-17(14)31-21(24)23-20(26)12-8-15(27-2)19(29-4)16(9-12)28-3/h6-10H,5,11H2,1-4H3. The van der Waals surface area contributed by atoms with Gasteiger partial charge in [-0.15, -0.1) is 0 Å².